The number of aromatic nitrogens is 2. The summed E-state index contributed by atoms with van der Waals surface area (Å²) in [5.74, 6) is 0.242. The molecule has 0 bridgehead atoms. The fourth-order valence-electron chi connectivity index (χ4n) is 5.33. The van der Waals surface area contributed by atoms with Gasteiger partial charge in [0.1, 0.15) is 0 Å². The Labute approximate surface area is 207 Å². The third kappa shape index (κ3) is 5.06. The molecule has 0 saturated carbocycles. The van der Waals surface area contributed by atoms with Gasteiger partial charge in [-0.3, -0.25) is 9.48 Å². The van der Waals surface area contributed by atoms with E-state index in [1.807, 2.05) is 36.0 Å². The molecule has 1 saturated heterocycles. The summed E-state index contributed by atoms with van der Waals surface area (Å²) in [7, 11) is -1.13. The van der Waals surface area contributed by atoms with Gasteiger partial charge in [-0.2, -0.15) is 5.10 Å². The highest BCUT2D eigenvalue weighted by Crippen LogP contribution is 2.31. The van der Waals surface area contributed by atoms with Gasteiger partial charge in [-0.25, -0.2) is 12.7 Å². The van der Waals surface area contributed by atoms with E-state index in [0.29, 0.717) is 31.1 Å². The summed E-state index contributed by atoms with van der Waals surface area (Å²) in [5, 5.41) is 8.90. The third-order valence-electron chi connectivity index (χ3n) is 7.35. The molecule has 8 nitrogen and oxygen atoms in total. The lowest BCUT2D eigenvalue weighted by molar-refractivity contribution is 0.0941. The van der Waals surface area contributed by atoms with Crippen molar-refractivity contribution >= 4 is 32.5 Å². The first kappa shape index (κ1) is 23.8. The number of benzene rings is 2. The van der Waals surface area contributed by atoms with E-state index in [0.717, 1.165) is 44.3 Å². The van der Waals surface area contributed by atoms with Gasteiger partial charge in [0.2, 0.25) is 10.0 Å². The molecule has 1 aromatic heterocycles. The van der Waals surface area contributed by atoms with E-state index < -0.39 is 10.0 Å². The molecule has 3 heterocycles. The monoisotopic (exact) mass is 495 g/mol. The molecule has 9 heteroatoms. The van der Waals surface area contributed by atoms with Crippen LogP contribution in [0.5, 0.6) is 0 Å². The molecule has 2 aliphatic rings. The van der Waals surface area contributed by atoms with Crippen LogP contribution in [0, 0.1) is 5.92 Å². The van der Waals surface area contributed by atoms with Crippen LogP contribution in [0.25, 0.3) is 10.9 Å². The highest BCUT2D eigenvalue weighted by Gasteiger charge is 2.26. The van der Waals surface area contributed by atoms with E-state index in [9.17, 15) is 13.2 Å². The number of nitrogens with zero attached hydrogens (tertiary/aromatic N) is 4. The smallest absolute Gasteiger partial charge is 0.251 e. The molecule has 3 aromatic rings. The number of hydrogen-bond donors (Lipinski definition) is 1. The van der Waals surface area contributed by atoms with Gasteiger partial charge in [-0.15, -0.1) is 0 Å². The standard InChI is InChI=1S/C26H33N5O3S/c1-29-25(22-7-3-4-8-23(22)28-29)18-30-13-5-6-20-16-21(9-10-24(20)30)26(32)27-17-19-11-14-31(15-12-19)35(2,33)34/h3-4,7-10,16,19H,5-6,11-15,17-18H2,1-2H3,(H,27,32). The topological polar surface area (TPSA) is 87.5 Å². The summed E-state index contributed by atoms with van der Waals surface area (Å²) in [4.78, 5) is 15.3. The predicted molar refractivity (Wildman–Crippen MR) is 138 cm³/mol. The molecule has 2 aromatic carbocycles. The average Bonchev–Trinajstić information content (AvgIpc) is 3.17. The molecule has 186 valence electrons. The summed E-state index contributed by atoms with van der Waals surface area (Å²) < 4.78 is 26.9. The summed E-state index contributed by atoms with van der Waals surface area (Å²) in [6, 6.07) is 14.3. The lowest BCUT2D eigenvalue weighted by Crippen LogP contribution is -2.41. The maximum absolute atomic E-state index is 12.9. The highest BCUT2D eigenvalue weighted by molar-refractivity contribution is 7.88. The molecule has 0 spiro atoms. The lowest BCUT2D eigenvalue weighted by atomic mass is 9.97. The van der Waals surface area contributed by atoms with Crippen molar-refractivity contribution in [2.24, 2.45) is 13.0 Å². The van der Waals surface area contributed by atoms with Crippen molar-refractivity contribution in [2.75, 3.05) is 37.3 Å². The molecule has 0 radical (unpaired) electrons. The number of hydrogen-bond acceptors (Lipinski definition) is 5. The zero-order valence-electron chi connectivity index (χ0n) is 20.4. The number of carbonyl (C=O) groups is 1. The maximum atomic E-state index is 12.9. The molecule has 0 unspecified atom stereocenters. The van der Waals surface area contributed by atoms with Crippen LogP contribution in [0.2, 0.25) is 0 Å². The van der Waals surface area contributed by atoms with Crippen molar-refractivity contribution in [1.29, 1.82) is 0 Å². The Morgan fingerprint density at radius 2 is 1.89 bits per heavy atom. The predicted octanol–water partition coefficient (Wildman–Crippen LogP) is 2.93. The van der Waals surface area contributed by atoms with Crippen molar-refractivity contribution < 1.29 is 13.2 Å². The zero-order chi connectivity index (χ0) is 24.6. The third-order valence-corrected chi connectivity index (χ3v) is 8.66. The van der Waals surface area contributed by atoms with Crippen molar-refractivity contribution in [1.82, 2.24) is 19.4 Å². The number of nitrogens with one attached hydrogen (secondary N) is 1. The lowest BCUT2D eigenvalue weighted by Gasteiger charge is -2.32. The molecule has 2 aliphatic heterocycles. The fraction of sp³-hybridized carbons (Fsp3) is 0.462. The maximum Gasteiger partial charge on any atom is 0.251 e. The van der Waals surface area contributed by atoms with Crippen LogP contribution in [0.15, 0.2) is 42.5 Å². The molecule has 1 amide bonds. The van der Waals surface area contributed by atoms with Crippen LogP contribution in [0.3, 0.4) is 0 Å². The minimum absolute atomic E-state index is 0.0619. The minimum Gasteiger partial charge on any atom is -0.365 e. The van der Waals surface area contributed by atoms with Gasteiger partial charge in [0.05, 0.1) is 24.0 Å². The van der Waals surface area contributed by atoms with Gasteiger partial charge < -0.3 is 10.2 Å². The van der Waals surface area contributed by atoms with Gasteiger partial charge in [-0.1, -0.05) is 18.2 Å². The Morgan fingerprint density at radius 3 is 2.66 bits per heavy atom. The number of fused-ring (bicyclic) bond motifs is 2. The van der Waals surface area contributed by atoms with Gasteiger partial charge in [0, 0.05) is 49.9 Å². The molecule has 35 heavy (non-hydrogen) atoms. The van der Waals surface area contributed by atoms with Crippen molar-refractivity contribution in [3.8, 4) is 0 Å². The number of rotatable bonds is 6. The fourth-order valence-corrected chi connectivity index (χ4v) is 6.21. The average molecular weight is 496 g/mol. The Balaban J connectivity index is 1.24. The van der Waals surface area contributed by atoms with Crippen LogP contribution in [-0.2, 0) is 30.0 Å². The second-order valence-corrected chi connectivity index (χ2v) is 11.8. The van der Waals surface area contributed by atoms with Crippen LogP contribution in [0.1, 0.15) is 40.9 Å². The van der Waals surface area contributed by atoms with Crippen LogP contribution < -0.4 is 10.2 Å². The van der Waals surface area contributed by atoms with Crippen LogP contribution in [-0.4, -0.2) is 60.8 Å². The summed E-state index contributed by atoms with van der Waals surface area (Å²) >= 11 is 0. The van der Waals surface area contributed by atoms with Gasteiger partial charge >= 0.3 is 0 Å². The van der Waals surface area contributed by atoms with E-state index in [2.05, 4.69) is 33.5 Å². The number of piperidine rings is 1. The molecule has 1 fully saturated rings. The first-order chi connectivity index (χ1) is 16.8. The van der Waals surface area contributed by atoms with Crippen LogP contribution >= 0.6 is 0 Å². The van der Waals surface area contributed by atoms with E-state index >= 15 is 0 Å². The summed E-state index contributed by atoms with van der Waals surface area (Å²) in [6.45, 7) is 3.39. The number of carbonyl (C=O) groups excluding carboxylic acids is 1. The van der Waals surface area contributed by atoms with Crippen LogP contribution in [0.4, 0.5) is 5.69 Å². The molecule has 1 N–H and O–H groups in total. The Morgan fingerprint density at radius 1 is 1.11 bits per heavy atom. The quantitative estimate of drug-likeness (QED) is 0.568. The number of anilines is 1. The molecular weight excluding hydrogens is 462 g/mol. The Hall–Kier alpha value is -2.91. The van der Waals surface area contributed by atoms with Crippen molar-refractivity contribution in [3.05, 3.63) is 59.3 Å². The first-order valence-electron chi connectivity index (χ1n) is 12.3. The number of sulfonamides is 1. The highest BCUT2D eigenvalue weighted by atomic mass is 32.2. The molecule has 0 aliphatic carbocycles. The first-order valence-corrected chi connectivity index (χ1v) is 14.2. The van der Waals surface area contributed by atoms with Gasteiger partial charge in [0.25, 0.3) is 5.91 Å². The second kappa shape index (κ2) is 9.62. The normalized spacial score (nSPS) is 17.5. The van der Waals surface area contributed by atoms with E-state index in [1.165, 1.54) is 32.9 Å². The molecule has 5 rings (SSSR count). The van der Waals surface area contributed by atoms with E-state index in [4.69, 9.17) is 0 Å². The molecule has 0 atom stereocenters. The SMILES string of the molecule is Cn1nc2ccccc2c1CN1CCCc2cc(C(=O)NCC3CCN(S(C)(=O)=O)CC3)ccc21. The summed E-state index contributed by atoms with van der Waals surface area (Å²) in [6.07, 6.45) is 4.81. The zero-order valence-corrected chi connectivity index (χ0v) is 21.2. The number of amides is 1. The van der Waals surface area contributed by atoms with E-state index in [1.54, 1.807) is 0 Å². The van der Waals surface area contributed by atoms with Crippen molar-refractivity contribution in [2.45, 2.75) is 32.2 Å². The summed E-state index contributed by atoms with van der Waals surface area (Å²) in [5.41, 5.74) is 5.28. The number of aryl methyl sites for hydroxylation is 2. The minimum atomic E-state index is -3.13. The second-order valence-electron chi connectivity index (χ2n) is 9.77. The molecular formula is C26H33N5O3S. The largest absolute Gasteiger partial charge is 0.365 e. The van der Waals surface area contributed by atoms with E-state index in [-0.39, 0.29) is 5.91 Å². The Bertz CT molecular complexity index is 1340. The van der Waals surface area contributed by atoms with Crippen molar-refractivity contribution in [3.63, 3.8) is 0 Å². The Kier molecular flexibility index (Phi) is 6.55. The van der Waals surface area contributed by atoms with Gasteiger partial charge in [-0.05, 0) is 61.4 Å². The van der Waals surface area contributed by atoms with Gasteiger partial charge in [0.15, 0.2) is 0 Å².